The molecule has 3 heterocycles. The molecular formula is C26H33N5O3S. The van der Waals surface area contributed by atoms with Crippen LogP contribution in [0.5, 0.6) is 0 Å². The number of hydrogen-bond donors (Lipinski definition) is 0. The van der Waals surface area contributed by atoms with E-state index in [0.29, 0.717) is 43.5 Å². The Kier molecular flexibility index (Phi) is 8.65. The van der Waals surface area contributed by atoms with Crippen LogP contribution in [0.2, 0.25) is 0 Å². The smallest absolute Gasteiger partial charge is 0.246 e. The Labute approximate surface area is 210 Å². The normalized spacial score (nSPS) is 17.4. The Morgan fingerprint density at radius 3 is 2.29 bits per heavy atom. The van der Waals surface area contributed by atoms with E-state index in [1.54, 1.807) is 11.0 Å². The third-order valence-electron chi connectivity index (χ3n) is 6.43. The molecule has 1 aromatic heterocycles. The van der Waals surface area contributed by atoms with Crippen molar-refractivity contribution in [3.8, 4) is 0 Å². The van der Waals surface area contributed by atoms with Gasteiger partial charge in [-0.3, -0.25) is 24.2 Å². The molecule has 0 bridgehead atoms. The molecule has 2 aliphatic heterocycles. The van der Waals surface area contributed by atoms with Crippen molar-refractivity contribution in [3.63, 3.8) is 0 Å². The fourth-order valence-corrected chi connectivity index (χ4v) is 5.31. The number of thiazole rings is 1. The number of anilines is 2. The summed E-state index contributed by atoms with van der Waals surface area (Å²) in [5.41, 5.74) is 1.40. The van der Waals surface area contributed by atoms with Crippen molar-refractivity contribution in [3.05, 3.63) is 47.5 Å². The monoisotopic (exact) mass is 495 g/mol. The van der Waals surface area contributed by atoms with Gasteiger partial charge in [0.05, 0.1) is 17.9 Å². The Morgan fingerprint density at radius 2 is 1.63 bits per heavy atom. The van der Waals surface area contributed by atoms with Crippen LogP contribution in [0, 0.1) is 0 Å². The molecule has 2 aliphatic rings. The molecule has 2 saturated heterocycles. The lowest BCUT2D eigenvalue weighted by molar-refractivity contribution is -0.133. The highest BCUT2D eigenvalue weighted by Crippen LogP contribution is 2.29. The van der Waals surface area contributed by atoms with Gasteiger partial charge in [-0.2, -0.15) is 0 Å². The number of likely N-dealkylation sites (tertiary alicyclic amines) is 1. The molecule has 0 unspecified atom stereocenters. The van der Waals surface area contributed by atoms with Crippen LogP contribution in [-0.4, -0.2) is 83.2 Å². The summed E-state index contributed by atoms with van der Waals surface area (Å²) in [7, 11) is 0. The van der Waals surface area contributed by atoms with Crippen molar-refractivity contribution in [2.45, 2.75) is 32.6 Å². The second kappa shape index (κ2) is 12.1. The first-order valence-corrected chi connectivity index (χ1v) is 13.2. The van der Waals surface area contributed by atoms with Crippen molar-refractivity contribution in [1.82, 2.24) is 19.7 Å². The lowest BCUT2D eigenvalue weighted by Crippen LogP contribution is -2.51. The lowest BCUT2D eigenvalue weighted by atomic mass is 10.2. The average molecular weight is 496 g/mol. The standard InChI is InChI=1S/C26H33N5O3S/c1-21(32)31(23-9-5-4-6-10-23)26-27-22(20-35-26)11-12-24(33)30-17-15-28(16-18-30)19-25(34)29-13-7-2-3-8-14-29/h4-6,9-12,20H,2-3,7-8,13-19H2,1H3. The van der Waals surface area contributed by atoms with Gasteiger partial charge >= 0.3 is 0 Å². The maximum Gasteiger partial charge on any atom is 0.246 e. The molecule has 4 rings (SSSR count). The number of para-hydroxylation sites is 1. The maximum atomic E-state index is 12.7. The van der Waals surface area contributed by atoms with Crippen molar-refractivity contribution in [1.29, 1.82) is 0 Å². The quantitative estimate of drug-likeness (QED) is 0.574. The van der Waals surface area contributed by atoms with Crippen LogP contribution in [0.15, 0.2) is 41.8 Å². The summed E-state index contributed by atoms with van der Waals surface area (Å²) in [5.74, 6) is 0.0231. The van der Waals surface area contributed by atoms with Gasteiger partial charge in [-0.15, -0.1) is 11.3 Å². The largest absolute Gasteiger partial charge is 0.342 e. The van der Waals surface area contributed by atoms with Gasteiger partial charge in [0.15, 0.2) is 5.13 Å². The number of piperazine rings is 1. The molecule has 2 fully saturated rings. The second-order valence-electron chi connectivity index (χ2n) is 8.97. The predicted molar refractivity (Wildman–Crippen MR) is 138 cm³/mol. The highest BCUT2D eigenvalue weighted by atomic mass is 32.1. The zero-order valence-electron chi connectivity index (χ0n) is 20.3. The van der Waals surface area contributed by atoms with Crippen molar-refractivity contribution in [2.75, 3.05) is 50.7 Å². The minimum atomic E-state index is -0.121. The van der Waals surface area contributed by atoms with Gasteiger partial charge in [-0.05, 0) is 31.1 Å². The Morgan fingerprint density at radius 1 is 0.943 bits per heavy atom. The third-order valence-corrected chi connectivity index (χ3v) is 7.27. The van der Waals surface area contributed by atoms with E-state index in [-0.39, 0.29) is 17.7 Å². The van der Waals surface area contributed by atoms with E-state index in [9.17, 15) is 14.4 Å². The summed E-state index contributed by atoms with van der Waals surface area (Å²) in [4.78, 5) is 49.6. The average Bonchev–Trinajstić information content (AvgIpc) is 3.14. The summed E-state index contributed by atoms with van der Waals surface area (Å²) in [5, 5.41) is 2.41. The minimum Gasteiger partial charge on any atom is -0.342 e. The first kappa shape index (κ1) is 25.1. The molecule has 186 valence electrons. The molecule has 2 aromatic rings. The second-order valence-corrected chi connectivity index (χ2v) is 9.81. The summed E-state index contributed by atoms with van der Waals surface area (Å²) >= 11 is 1.36. The zero-order chi connectivity index (χ0) is 24.6. The molecule has 8 nitrogen and oxygen atoms in total. The molecule has 0 saturated carbocycles. The van der Waals surface area contributed by atoms with Crippen molar-refractivity contribution in [2.24, 2.45) is 0 Å². The number of benzene rings is 1. The number of rotatable bonds is 6. The van der Waals surface area contributed by atoms with E-state index in [4.69, 9.17) is 0 Å². The first-order valence-electron chi connectivity index (χ1n) is 12.3. The van der Waals surface area contributed by atoms with E-state index in [1.165, 1.54) is 37.2 Å². The first-order chi connectivity index (χ1) is 17.0. The zero-order valence-corrected chi connectivity index (χ0v) is 21.1. The molecule has 9 heteroatoms. The number of carbonyl (C=O) groups excluding carboxylic acids is 3. The van der Waals surface area contributed by atoms with Gasteiger partial charge in [0, 0.05) is 57.6 Å². The van der Waals surface area contributed by atoms with Gasteiger partial charge in [0.1, 0.15) is 0 Å². The van der Waals surface area contributed by atoms with Crippen LogP contribution in [0.25, 0.3) is 6.08 Å². The number of nitrogens with zero attached hydrogens (tertiary/aromatic N) is 5. The van der Waals surface area contributed by atoms with Crippen LogP contribution in [0.4, 0.5) is 10.8 Å². The van der Waals surface area contributed by atoms with Crippen LogP contribution in [-0.2, 0) is 14.4 Å². The number of carbonyl (C=O) groups is 3. The van der Waals surface area contributed by atoms with Gasteiger partial charge in [0.2, 0.25) is 17.7 Å². The number of hydrogen-bond acceptors (Lipinski definition) is 6. The Hall–Kier alpha value is -3.04. The topological polar surface area (TPSA) is 77.1 Å². The van der Waals surface area contributed by atoms with Crippen LogP contribution >= 0.6 is 11.3 Å². The summed E-state index contributed by atoms with van der Waals surface area (Å²) in [6.45, 7) is 6.29. The summed E-state index contributed by atoms with van der Waals surface area (Å²) in [6.07, 6.45) is 7.85. The van der Waals surface area contributed by atoms with Gasteiger partial charge < -0.3 is 9.80 Å². The molecule has 35 heavy (non-hydrogen) atoms. The summed E-state index contributed by atoms with van der Waals surface area (Å²) < 4.78 is 0. The van der Waals surface area contributed by atoms with Gasteiger partial charge in [-0.1, -0.05) is 31.0 Å². The molecule has 0 radical (unpaired) electrons. The SMILES string of the molecule is CC(=O)N(c1ccccc1)c1nc(C=CC(=O)N2CCN(CC(=O)N3CCCCCC3)CC2)cs1. The Bertz CT molecular complexity index is 1040. The van der Waals surface area contributed by atoms with Gasteiger partial charge in [0.25, 0.3) is 0 Å². The fraction of sp³-hybridized carbons (Fsp3) is 0.462. The lowest BCUT2D eigenvalue weighted by Gasteiger charge is -2.34. The predicted octanol–water partition coefficient (Wildman–Crippen LogP) is 3.39. The molecule has 1 aromatic carbocycles. The Balaban J connectivity index is 1.28. The molecule has 3 amide bonds. The fourth-order valence-electron chi connectivity index (χ4n) is 4.46. The maximum absolute atomic E-state index is 12.7. The van der Waals surface area contributed by atoms with Gasteiger partial charge in [-0.25, -0.2) is 4.98 Å². The molecular weight excluding hydrogens is 462 g/mol. The van der Waals surface area contributed by atoms with E-state index in [1.807, 2.05) is 45.5 Å². The van der Waals surface area contributed by atoms with Crippen molar-refractivity contribution < 1.29 is 14.4 Å². The molecule has 0 aliphatic carbocycles. The highest BCUT2D eigenvalue weighted by molar-refractivity contribution is 7.14. The minimum absolute atomic E-state index is 0.0653. The van der Waals surface area contributed by atoms with E-state index in [0.717, 1.165) is 31.6 Å². The van der Waals surface area contributed by atoms with Crippen molar-refractivity contribution >= 4 is 46.0 Å². The highest BCUT2D eigenvalue weighted by Gasteiger charge is 2.24. The van der Waals surface area contributed by atoms with E-state index >= 15 is 0 Å². The van der Waals surface area contributed by atoms with E-state index in [2.05, 4.69) is 9.88 Å². The van der Waals surface area contributed by atoms with Crippen LogP contribution in [0.3, 0.4) is 0 Å². The third kappa shape index (κ3) is 6.76. The van der Waals surface area contributed by atoms with Crippen LogP contribution in [0.1, 0.15) is 38.3 Å². The number of aromatic nitrogens is 1. The summed E-state index contributed by atoms with van der Waals surface area (Å²) in [6, 6.07) is 9.38. The molecule has 0 atom stereocenters. The molecule has 0 N–H and O–H groups in total. The molecule has 0 spiro atoms. The number of amides is 3. The van der Waals surface area contributed by atoms with E-state index < -0.39 is 0 Å². The van der Waals surface area contributed by atoms with Crippen LogP contribution < -0.4 is 4.90 Å².